The lowest BCUT2D eigenvalue weighted by molar-refractivity contribution is -0.125. The number of nitrogens with zero attached hydrogens (tertiary/aromatic N) is 3. The zero-order chi connectivity index (χ0) is 12.1. The minimum absolute atomic E-state index is 0.0786. The SMILES string of the molecule is Cn1nccc1/C=C/C(=O)N1CCCNCC1. The van der Waals surface area contributed by atoms with Crippen LogP contribution in [0.15, 0.2) is 18.3 Å². The fraction of sp³-hybridized carbons (Fsp3) is 0.500. The number of aromatic nitrogens is 2. The van der Waals surface area contributed by atoms with Crippen LogP contribution in [0.25, 0.3) is 6.08 Å². The smallest absolute Gasteiger partial charge is 0.246 e. The summed E-state index contributed by atoms with van der Waals surface area (Å²) in [4.78, 5) is 13.8. The summed E-state index contributed by atoms with van der Waals surface area (Å²) in [6, 6.07) is 1.88. The number of amides is 1. The van der Waals surface area contributed by atoms with Crippen LogP contribution >= 0.6 is 0 Å². The van der Waals surface area contributed by atoms with Gasteiger partial charge in [-0.1, -0.05) is 0 Å². The number of carbonyl (C=O) groups is 1. The molecule has 1 aliphatic rings. The number of carbonyl (C=O) groups excluding carboxylic acids is 1. The van der Waals surface area contributed by atoms with E-state index < -0.39 is 0 Å². The van der Waals surface area contributed by atoms with E-state index in [1.54, 1.807) is 17.0 Å². The first kappa shape index (κ1) is 11.9. The second kappa shape index (κ2) is 5.63. The van der Waals surface area contributed by atoms with Crippen molar-refractivity contribution >= 4 is 12.0 Å². The van der Waals surface area contributed by atoms with Crippen LogP contribution in [0.4, 0.5) is 0 Å². The highest BCUT2D eigenvalue weighted by molar-refractivity contribution is 5.91. The zero-order valence-corrected chi connectivity index (χ0v) is 10.1. The number of aryl methyl sites for hydroxylation is 1. The molecule has 1 saturated heterocycles. The van der Waals surface area contributed by atoms with Gasteiger partial charge in [-0.25, -0.2) is 0 Å². The summed E-state index contributed by atoms with van der Waals surface area (Å²) in [6.45, 7) is 3.50. The number of hydrogen-bond acceptors (Lipinski definition) is 3. The highest BCUT2D eigenvalue weighted by Crippen LogP contribution is 2.02. The Balaban J connectivity index is 1.96. The molecule has 0 saturated carbocycles. The van der Waals surface area contributed by atoms with Gasteiger partial charge in [-0.15, -0.1) is 0 Å². The average molecular weight is 234 g/mol. The van der Waals surface area contributed by atoms with E-state index in [0.29, 0.717) is 0 Å². The Morgan fingerprint density at radius 2 is 2.35 bits per heavy atom. The molecular formula is C12H18N4O. The van der Waals surface area contributed by atoms with E-state index >= 15 is 0 Å². The van der Waals surface area contributed by atoms with E-state index in [2.05, 4.69) is 10.4 Å². The molecule has 0 aromatic carbocycles. The normalized spacial score (nSPS) is 17.4. The molecule has 0 spiro atoms. The Labute approximate surface area is 101 Å². The van der Waals surface area contributed by atoms with Gasteiger partial charge in [0.2, 0.25) is 5.91 Å². The number of nitrogens with one attached hydrogen (secondary N) is 1. The minimum Gasteiger partial charge on any atom is -0.338 e. The maximum Gasteiger partial charge on any atom is 0.246 e. The van der Waals surface area contributed by atoms with Crippen LogP contribution in [0.3, 0.4) is 0 Å². The molecule has 92 valence electrons. The number of hydrogen-bond donors (Lipinski definition) is 1. The standard InChI is InChI=1S/C12H18N4O/c1-15-11(5-7-14-15)3-4-12(17)16-9-2-6-13-8-10-16/h3-5,7,13H,2,6,8-10H2,1H3/b4-3+. The maximum absolute atomic E-state index is 11.9. The van der Waals surface area contributed by atoms with Crippen molar-refractivity contribution in [2.75, 3.05) is 26.2 Å². The van der Waals surface area contributed by atoms with Crippen molar-refractivity contribution in [3.8, 4) is 0 Å². The lowest BCUT2D eigenvalue weighted by Gasteiger charge is -2.17. The fourth-order valence-corrected chi connectivity index (χ4v) is 1.88. The summed E-state index contributed by atoms with van der Waals surface area (Å²) in [5.74, 6) is 0.0786. The van der Waals surface area contributed by atoms with Gasteiger partial charge in [0.05, 0.1) is 5.69 Å². The lowest BCUT2D eigenvalue weighted by Crippen LogP contribution is -2.32. The van der Waals surface area contributed by atoms with Gasteiger partial charge in [0.1, 0.15) is 0 Å². The van der Waals surface area contributed by atoms with Crippen LogP contribution in [0.1, 0.15) is 12.1 Å². The van der Waals surface area contributed by atoms with E-state index in [0.717, 1.165) is 38.3 Å². The molecule has 0 radical (unpaired) electrons. The fourth-order valence-electron chi connectivity index (χ4n) is 1.88. The topological polar surface area (TPSA) is 50.2 Å². The predicted molar refractivity (Wildman–Crippen MR) is 66.3 cm³/mol. The molecule has 0 atom stereocenters. The van der Waals surface area contributed by atoms with Crippen molar-refractivity contribution in [1.29, 1.82) is 0 Å². The van der Waals surface area contributed by atoms with Crippen molar-refractivity contribution < 1.29 is 4.79 Å². The van der Waals surface area contributed by atoms with Crippen molar-refractivity contribution in [1.82, 2.24) is 20.0 Å². The molecule has 5 nitrogen and oxygen atoms in total. The van der Waals surface area contributed by atoms with Crippen LogP contribution in [-0.2, 0) is 11.8 Å². The molecule has 1 fully saturated rings. The van der Waals surface area contributed by atoms with E-state index in [9.17, 15) is 4.79 Å². The van der Waals surface area contributed by atoms with Crippen molar-refractivity contribution in [3.05, 3.63) is 24.0 Å². The molecule has 1 N–H and O–H groups in total. The highest BCUT2D eigenvalue weighted by atomic mass is 16.2. The Hall–Kier alpha value is -1.62. The molecule has 0 aliphatic carbocycles. The monoisotopic (exact) mass is 234 g/mol. The van der Waals surface area contributed by atoms with Gasteiger partial charge in [0.15, 0.2) is 0 Å². The van der Waals surface area contributed by atoms with E-state index in [1.165, 1.54) is 0 Å². The molecule has 17 heavy (non-hydrogen) atoms. The van der Waals surface area contributed by atoms with Gasteiger partial charge in [-0.05, 0) is 25.1 Å². The summed E-state index contributed by atoms with van der Waals surface area (Å²) >= 11 is 0. The van der Waals surface area contributed by atoms with Gasteiger partial charge in [-0.3, -0.25) is 9.48 Å². The maximum atomic E-state index is 11.9. The molecule has 0 bridgehead atoms. The molecule has 1 aromatic rings. The minimum atomic E-state index is 0.0786. The van der Waals surface area contributed by atoms with Crippen molar-refractivity contribution in [2.24, 2.45) is 7.05 Å². The predicted octanol–water partition coefficient (Wildman–Crippen LogP) is 0.255. The summed E-state index contributed by atoms with van der Waals surface area (Å²) in [5.41, 5.74) is 0.936. The Bertz CT molecular complexity index is 402. The Morgan fingerprint density at radius 3 is 3.12 bits per heavy atom. The first-order valence-corrected chi connectivity index (χ1v) is 5.93. The summed E-state index contributed by atoms with van der Waals surface area (Å²) < 4.78 is 1.74. The van der Waals surface area contributed by atoms with Gasteiger partial charge < -0.3 is 10.2 Å². The first-order valence-electron chi connectivity index (χ1n) is 5.93. The second-order valence-corrected chi connectivity index (χ2v) is 4.14. The Kier molecular flexibility index (Phi) is 3.93. The van der Waals surface area contributed by atoms with Gasteiger partial charge in [0, 0.05) is 39.0 Å². The van der Waals surface area contributed by atoms with E-state index in [-0.39, 0.29) is 5.91 Å². The first-order chi connectivity index (χ1) is 8.27. The third kappa shape index (κ3) is 3.17. The number of rotatable bonds is 2. The quantitative estimate of drug-likeness (QED) is 0.747. The average Bonchev–Trinajstić information content (AvgIpc) is 2.58. The molecule has 2 rings (SSSR count). The third-order valence-electron chi connectivity index (χ3n) is 2.91. The zero-order valence-electron chi connectivity index (χ0n) is 10.1. The van der Waals surface area contributed by atoms with Crippen LogP contribution in [0, 0.1) is 0 Å². The van der Waals surface area contributed by atoms with Crippen LogP contribution in [0.5, 0.6) is 0 Å². The van der Waals surface area contributed by atoms with Gasteiger partial charge in [0.25, 0.3) is 0 Å². The molecule has 0 unspecified atom stereocenters. The molecule has 5 heteroatoms. The van der Waals surface area contributed by atoms with Gasteiger partial charge >= 0.3 is 0 Å². The lowest BCUT2D eigenvalue weighted by atomic mass is 10.3. The van der Waals surface area contributed by atoms with Crippen LogP contribution in [0.2, 0.25) is 0 Å². The Morgan fingerprint density at radius 1 is 1.47 bits per heavy atom. The summed E-state index contributed by atoms with van der Waals surface area (Å²) in [6.07, 6.45) is 6.18. The largest absolute Gasteiger partial charge is 0.338 e. The van der Waals surface area contributed by atoms with Crippen molar-refractivity contribution in [3.63, 3.8) is 0 Å². The van der Waals surface area contributed by atoms with E-state index in [4.69, 9.17) is 0 Å². The molecule has 1 amide bonds. The molecule has 2 heterocycles. The van der Waals surface area contributed by atoms with Crippen molar-refractivity contribution in [2.45, 2.75) is 6.42 Å². The second-order valence-electron chi connectivity index (χ2n) is 4.14. The molecule has 1 aromatic heterocycles. The van der Waals surface area contributed by atoms with E-state index in [1.807, 2.05) is 24.1 Å². The van der Waals surface area contributed by atoms with Gasteiger partial charge in [-0.2, -0.15) is 5.10 Å². The molecular weight excluding hydrogens is 216 g/mol. The third-order valence-corrected chi connectivity index (χ3v) is 2.91. The summed E-state index contributed by atoms with van der Waals surface area (Å²) in [7, 11) is 1.86. The summed E-state index contributed by atoms with van der Waals surface area (Å²) in [5, 5.41) is 7.33. The van der Waals surface area contributed by atoms with Crippen LogP contribution < -0.4 is 5.32 Å². The van der Waals surface area contributed by atoms with Crippen LogP contribution in [-0.4, -0.2) is 46.8 Å². The molecule has 1 aliphatic heterocycles. The highest BCUT2D eigenvalue weighted by Gasteiger charge is 2.12.